The van der Waals surface area contributed by atoms with Crippen LogP contribution in [0.4, 0.5) is 0 Å². The topological polar surface area (TPSA) is 32.3 Å². The van der Waals surface area contributed by atoms with Gasteiger partial charge >= 0.3 is 0 Å². The molecule has 1 amide bonds. The van der Waals surface area contributed by atoms with Crippen LogP contribution in [0.1, 0.15) is 39.0 Å². The molecule has 1 aliphatic carbocycles. The number of fused-ring (bicyclic) bond motifs is 1. The number of nitrogens with zero attached hydrogens (tertiary/aromatic N) is 1. The van der Waals surface area contributed by atoms with E-state index in [1.54, 1.807) is 0 Å². The number of hydrogen-bond donors (Lipinski definition) is 1. The molecule has 96 valence electrons. The SMILES string of the molecule is CC1(C(=O)N2CC3CCCC3C2)CCNCC1. The molecule has 2 heterocycles. The van der Waals surface area contributed by atoms with Gasteiger partial charge in [-0.2, -0.15) is 0 Å². The molecule has 3 aliphatic rings. The molecule has 0 aromatic rings. The summed E-state index contributed by atoms with van der Waals surface area (Å²) in [6.45, 7) is 6.27. The first-order valence-electron chi connectivity index (χ1n) is 7.19. The van der Waals surface area contributed by atoms with Gasteiger partial charge in [-0.25, -0.2) is 0 Å². The molecule has 0 aromatic carbocycles. The molecule has 0 aromatic heterocycles. The molecule has 3 fully saturated rings. The molecule has 2 atom stereocenters. The van der Waals surface area contributed by atoms with E-state index in [2.05, 4.69) is 17.1 Å². The van der Waals surface area contributed by atoms with Crippen molar-refractivity contribution in [2.45, 2.75) is 39.0 Å². The number of carbonyl (C=O) groups excluding carboxylic acids is 1. The van der Waals surface area contributed by atoms with Crippen LogP contribution in [0.5, 0.6) is 0 Å². The summed E-state index contributed by atoms with van der Waals surface area (Å²) in [6, 6.07) is 0. The highest BCUT2D eigenvalue weighted by molar-refractivity contribution is 5.82. The predicted molar refractivity (Wildman–Crippen MR) is 67.6 cm³/mol. The average molecular weight is 236 g/mol. The van der Waals surface area contributed by atoms with Crippen LogP contribution in [-0.2, 0) is 4.79 Å². The highest BCUT2D eigenvalue weighted by Crippen LogP contribution is 2.40. The number of likely N-dealkylation sites (tertiary alicyclic amines) is 1. The second-order valence-electron chi connectivity index (χ2n) is 6.47. The fourth-order valence-electron chi connectivity index (χ4n) is 3.98. The van der Waals surface area contributed by atoms with Crippen LogP contribution < -0.4 is 5.32 Å². The molecule has 2 saturated heterocycles. The molecule has 2 aliphatic heterocycles. The molecule has 0 spiro atoms. The maximum Gasteiger partial charge on any atom is 0.228 e. The average Bonchev–Trinajstić information content (AvgIpc) is 2.89. The Morgan fingerprint density at radius 2 is 1.76 bits per heavy atom. The number of hydrogen-bond acceptors (Lipinski definition) is 2. The van der Waals surface area contributed by atoms with Gasteiger partial charge in [0.25, 0.3) is 0 Å². The molecule has 2 unspecified atom stereocenters. The third-order valence-corrected chi connectivity index (χ3v) is 5.24. The van der Waals surface area contributed by atoms with Crippen molar-refractivity contribution < 1.29 is 4.79 Å². The smallest absolute Gasteiger partial charge is 0.228 e. The van der Waals surface area contributed by atoms with E-state index in [0.717, 1.165) is 50.9 Å². The van der Waals surface area contributed by atoms with Crippen molar-refractivity contribution in [2.75, 3.05) is 26.2 Å². The van der Waals surface area contributed by atoms with Crippen LogP contribution in [0.15, 0.2) is 0 Å². The quantitative estimate of drug-likeness (QED) is 0.750. The van der Waals surface area contributed by atoms with Gasteiger partial charge in [0, 0.05) is 18.5 Å². The van der Waals surface area contributed by atoms with Crippen molar-refractivity contribution in [3.05, 3.63) is 0 Å². The van der Waals surface area contributed by atoms with E-state index in [-0.39, 0.29) is 5.41 Å². The lowest BCUT2D eigenvalue weighted by molar-refractivity contribution is -0.142. The van der Waals surface area contributed by atoms with Gasteiger partial charge in [-0.1, -0.05) is 13.3 Å². The summed E-state index contributed by atoms with van der Waals surface area (Å²) in [7, 11) is 0. The zero-order valence-corrected chi connectivity index (χ0v) is 10.9. The first kappa shape index (κ1) is 11.5. The van der Waals surface area contributed by atoms with Crippen LogP contribution >= 0.6 is 0 Å². The van der Waals surface area contributed by atoms with E-state index in [1.165, 1.54) is 19.3 Å². The van der Waals surface area contributed by atoms with Gasteiger partial charge in [0.05, 0.1) is 0 Å². The highest BCUT2D eigenvalue weighted by Gasteiger charge is 2.44. The summed E-state index contributed by atoms with van der Waals surface area (Å²) in [5.74, 6) is 2.09. The van der Waals surface area contributed by atoms with Crippen LogP contribution in [0.25, 0.3) is 0 Å². The van der Waals surface area contributed by atoms with Gasteiger partial charge in [-0.3, -0.25) is 4.79 Å². The van der Waals surface area contributed by atoms with Crippen molar-refractivity contribution in [1.82, 2.24) is 10.2 Å². The summed E-state index contributed by atoms with van der Waals surface area (Å²) in [5.41, 5.74) is -0.0795. The number of carbonyl (C=O) groups is 1. The fourth-order valence-corrected chi connectivity index (χ4v) is 3.98. The molecule has 17 heavy (non-hydrogen) atoms. The highest BCUT2D eigenvalue weighted by atomic mass is 16.2. The summed E-state index contributed by atoms with van der Waals surface area (Å²) >= 11 is 0. The summed E-state index contributed by atoms with van der Waals surface area (Å²) < 4.78 is 0. The standard InChI is InChI=1S/C14H24N2O/c1-14(5-7-15-8-6-14)13(17)16-9-11-3-2-4-12(11)10-16/h11-12,15H,2-10H2,1H3. The van der Waals surface area contributed by atoms with E-state index in [1.807, 2.05) is 0 Å². The second-order valence-corrected chi connectivity index (χ2v) is 6.47. The minimum atomic E-state index is -0.0795. The number of nitrogens with one attached hydrogen (secondary N) is 1. The first-order valence-corrected chi connectivity index (χ1v) is 7.19. The van der Waals surface area contributed by atoms with E-state index in [9.17, 15) is 4.79 Å². The van der Waals surface area contributed by atoms with Gasteiger partial charge < -0.3 is 10.2 Å². The normalized spacial score (nSPS) is 35.9. The molecule has 3 heteroatoms. The zero-order chi connectivity index (χ0) is 11.9. The largest absolute Gasteiger partial charge is 0.342 e. The Hall–Kier alpha value is -0.570. The Bertz CT molecular complexity index is 297. The predicted octanol–water partition coefficient (Wildman–Crippen LogP) is 1.63. The summed E-state index contributed by atoms with van der Waals surface area (Å²) in [5, 5.41) is 3.35. The van der Waals surface area contributed by atoms with Crippen molar-refractivity contribution in [3.8, 4) is 0 Å². The number of piperidine rings is 1. The molecule has 0 radical (unpaired) electrons. The van der Waals surface area contributed by atoms with E-state index in [0.29, 0.717) is 5.91 Å². The second kappa shape index (κ2) is 4.27. The van der Waals surface area contributed by atoms with E-state index < -0.39 is 0 Å². The molecule has 1 N–H and O–H groups in total. The Labute approximate surface area is 104 Å². The lowest BCUT2D eigenvalue weighted by Gasteiger charge is -2.36. The summed E-state index contributed by atoms with van der Waals surface area (Å²) in [4.78, 5) is 14.8. The van der Waals surface area contributed by atoms with Gasteiger partial charge in [0.1, 0.15) is 0 Å². The minimum Gasteiger partial charge on any atom is -0.342 e. The van der Waals surface area contributed by atoms with Gasteiger partial charge in [0.15, 0.2) is 0 Å². The molecular formula is C14H24N2O. The van der Waals surface area contributed by atoms with Crippen molar-refractivity contribution in [3.63, 3.8) is 0 Å². The maximum atomic E-state index is 12.7. The Morgan fingerprint density at radius 3 is 2.35 bits per heavy atom. The Balaban J connectivity index is 1.66. The van der Waals surface area contributed by atoms with Gasteiger partial charge in [0.2, 0.25) is 5.91 Å². The lowest BCUT2D eigenvalue weighted by Crippen LogP contribution is -2.47. The Kier molecular flexibility index (Phi) is 2.89. The fraction of sp³-hybridized carbons (Fsp3) is 0.929. The molecule has 0 bridgehead atoms. The van der Waals surface area contributed by atoms with Crippen molar-refractivity contribution >= 4 is 5.91 Å². The van der Waals surface area contributed by atoms with E-state index in [4.69, 9.17) is 0 Å². The van der Waals surface area contributed by atoms with Gasteiger partial charge in [-0.15, -0.1) is 0 Å². The third kappa shape index (κ3) is 1.99. The molecule has 1 saturated carbocycles. The first-order chi connectivity index (χ1) is 8.19. The monoisotopic (exact) mass is 236 g/mol. The molecule has 3 rings (SSSR count). The van der Waals surface area contributed by atoms with E-state index >= 15 is 0 Å². The third-order valence-electron chi connectivity index (χ3n) is 5.24. The van der Waals surface area contributed by atoms with Gasteiger partial charge in [-0.05, 0) is 50.6 Å². The van der Waals surface area contributed by atoms with Crippen molar-refractivity contribution in [2.24, 2.45) is 17.3 Å². The molecular weight excluding hydrogens is 212 g/mol. The Morgan fingerprint density at radius 1 is 1.18 bits per heavy atom. The maximum absolute atomic E-state index is 12.7. The van der Waals surface area contributed by atoms with Crippen LogP contribution in [-0.4, -0.2) is 37.0 Å². The lowest BCUT2D eigenvalue weighted by atomic mass is 9.79. The molecule has 3 nitrogen and oxygen atoms in total. The van der Waals surface area contributed by atoms with Crippen LogP contribution in [0.2, 0.25) is 0 Å². The minimum absolute atomic E-state index is 0.0795. The number of rotatable bonds is 1. The van der Waals surface area contributed by atoms with Crippen LogP contribution in [0.3, 0.4) is 0 Å². The zero-order valence-electron chi connectivity index (χ0n) is 10.9. The number of amides is 1. The van der Waals surface area contributed by atoms with Crippen LogP contribution in [0, 0.1) is 17.3 Å². The summed E-state index contributed by atoms with van der Waals surface area (Å²) in [6.07, 6.45) is 6.12. The van der Waals surface area contributed by atoms with Crippen molar-refractivity contribution in [1.29, 1.82) is 0 Å².